The predicted molar refractivity (Wildman–Crippen MR) is 138 cm³/mol. The van der Waals surface area contributed by atoms with E-state index in [9.17, 15) is 19.7 Å². The summed E-state index contributed by atoms with van der Waals surface area (Å²) in [4.78, 5) is 41.7. The van der Waals surface area contributed by atoms with Crippen LogP contribution >= 0.6 is 11.3 Å². The van der Waals surface area contributed by atoms with Crippen LogP contribution in [0.4, 0.5) is 5.69 Å². The topological polar surface area (TPSA) is 117 Å². The van der Waals surface area contributed by atoms with Crippen molar-refractivity contribution < 1.29 is 18.9 Å². The Hall–Kier alpha value is -4.57. The first-order valence-corrected chi connectivity index (χ1v) is 12.1. The summed E-state index contributed by atoms with van der Waals surface area (Å²) in [6.07, 6.45) is 1.64. The summed E-state index contributed by atoms with van der Waals surface area (Å²) < 4.78 is 13.1. The number of hydrogen-bond donors (Lipinski definition) is 0. The van der Waals surface area contributed by atoms with Gasteiger partial charge < -0.3 is 9.15 Å². The van der Waals surface area contributed by atoms with Crippen LogP contribution in [0.25, 0.3) is 17.4 Å². The van der Waals surface area contributed by atoms with Gasteiger partial charge in [0.15, 0.2) is 10.6 Å². The fraction of sp³-hybridized carbons (Fsp3) is 0.148. The molecule has 0 unspecified atom stereocenters. The minimum Gasteiger partial charge on any atom is -0.497 e. The molecule has 0 saturated heterocycles. The molecule has 0 amide bonds. The number of nitro benzene ring substituents is 1. The SMILES string of the molecule is COc1ccc([C@@H]2C(C(C)=O)=C(C)N=c3s/c(=C/c4ccc(-c5ccc([N+](=O)[O-])cc5)o4)c(=O)n32)cc1. The van der Waals surface area contributed by atoms with E-state index in [1.165, 1.54) is 30.4 Å². The lowest BCUT2D eigenvalue weighted by molar-refractivity contribution is -0.384. The molecule has 3 heterocycles. The molecule has 186 valence electrons. The molecule has 1 aliphatic heterocycles. The van der Waals surface area contributed by atoms with Gasteiger partial charge >= 0.3 is 0 Å². The second kappa shape index (κ2) is 9.47. The van der Waals surface area contributed by atoms with E-state index in [2.05, 4.69) is 4.99 Å². The molecule has 0 aliphatic carbocycles. The summed E-state index contributed by atoms with van der Waals surface area (Å²) in [5, 5.41) is 10.9. The predicted octanol–water partition coefficient (Wildman–Crippen LogP) is 4.00. The second-order valence-electron chi connectivity index (χ2n) is 8.42. The zero-order chi connectivity index (χ0) is 26.3. The number of ether oxygens (including phenoxy) is 1. The summed E-state index contributed by atoms with van der Waals surface area (Å²) in [7, 11) is 1.57. The van der Waals surface area contributed by atoms with Gasteiger partial charge in [0.2, 0.25) is 0 Å². The Labute approximate surface area is 214 Å². The minimum atomic E-state index is -0.617. The third-order valence-electron chi connectivity index (χ3n) is 6.10. The number of fused-ring (bicyclic) bond motifs is 1. The van der Waals surface area contributed by atoms with Crippen molar-refractivity contribution in [1.29, 1.82) is 0 Å². The fourth-order valence-electron chi connectivity index (χ4n) is 4.33. The quantitative estimate of drug-likeness (QED) is 0.283. The molecule has 0 saturated carbocycles. The van der Waals surface area contributed by atoms with Crippen LogP contribution in [0.5, 0.6) is 5.75 Å². The maximum Gasteiger partial charge on any atom is 0.271 e. The summed E-state index contributed by atoms with van der Waals surface area (Å²) in [5.41, 5.74) is 2.17. The zero-order valence-electron chi connectivity index (χ0n) is 20.1. The lowest BCUT2D eigenvalue weighted by Gasteiger charge is -2.24. The molecule has 0 spiro atoms. The van der Waals surface area contributed by atoms with Crippen LogP contribution in [0.2, 0.25) is 0 Å². The summed E-state index contributed by atoms with van der Waals surface area (Å²) in [6, 6.07) is 16.1. The van der Waals surface area contributed by atoms with Crippen LogP contribution in [-0.4, -0.2) is 22.4 Å². The van der Waals surface area contributed by atoms with E-state index >= 15 is 0 Å². The number of benzene rings is 2. The molecule has 0 radical (unpaired) electrons. The van der Waals surface area contributed by atoms with Crippen LogP contribution in [0.3, 0.4) is 0 Å². The number of allylic oxidation sites excluding steroid dienone is 2. The fourth-order valence-corrected chi connectivity index (χ4v) is 5.36. The standard InChI is InChI=1S/C27H21N3O6S/c1-15-24(16(2)31)25(18-6-10-20(35-3)11-7-18)29-26(32)23(37-27(29)28-15)14-21-12-13-22(36-21)17-4-8-19(9-5-17)30(33)34/h4-14,25H,1-3H3/b23-14+/t25-/m1/s1. The number of methoxy groups -OCH3 is 1. The molecule has 0 bridgehead atoms. The van der Waals surface area contributed by atoms with Crippen molar-refractivity contribution in [2.75, 3.05) is 7.11 Å². The van der Waals surface area contributed by atoms with E-state index in [1.54, 1.807) is 61.1 Å². The highest BCUT2D eigenvalue weighted by Crippen LogP contribution is 2.31. The van der Waals surface area contributed by atoms with Crippen LogP contribution < -0.4 is 19.6 Å². The third-order valence-corrected chi connectivity index (χ3v) is 7.08. The number of Topliss-reactive ketones (excluding diaryl/α,β-unsaturated/α-hetero) is 1. The first-order chi connectivity index (χ1) is 17.8. The molecule has 1 atom stereocenters. The molecular weight excluding hydrogens is 494 g/mol. The number of nitrogens with zero attached hydrogens (tertiary/aromatic N) is 3. The van der Waals surface area contributed by atoms with Gasteiger partial charge in [-0.15, -0.1) is 0 Å². The molecular formula is C27H21N3O6S. The molecule has 10 heteroatoms. The van der Waals surface area contributed by atoms with Crippen molar-refractivity contribution in [3.8, 4) is 17.1 Å². The Bertz CT molecular complexity index is 1740. The number of rotatable bonds is 6. The van der Waals surface area contributed by atoms with Crippen LogP contribution in [0.15, 0.2) is 86.1 Å². The van der Waals surface area contributed by atoms with E-state index in [0.29, 0.717) is 43.4 Å². The van der Waals surface area contributed by atoms with E-state index in [4.69, 9.17) is 9.15 Å². The van der Waals surface area contributed by atoms with Crippen molar-refractivity contribution in [2.24, 2.45) is 4.99 Å². The number of nitro groups is 1. The van der Waals surface area contributed by atoms with E-state index in [1.807, 2.05) is 12.1 Å². The molecule has 0 fully saturated rings. The van der Waals surface area contributed by atoms with E-state index in [0.717, 1.165) is 5.56 Å². The maximum atomic E-state index is 13.6. The van der Waals surface area contributed by atoms with Gasteiger partial charge in [-0.05, 0) is 55.8 Å². The number of non-ortho nitro benzene ring substituents is 1. The second-order valence-corrected chi connectivity index (χ2v) is 9.43. The Morgan fingerprint density at radius 1 is 1.14 bits per heavy atom. The number of ketones is 1. The smallest absolute Gasteiger partial charge is 0.271 e. The van der Waals surface area contributed by atoms with Crippen LogP contribution in [0.1, 0.15) is 31.2 Å². The molecule has 0 N–H and O–H groups in total. The molecule has 9 nitrogen and oxygen atoms in total. The normalized spacial score (nSPS) is 15.3. The first-order valence-electron chi connectivity index (χ1n) is 11.3. The average Bonchev–Trinajstić information content (AvgIpc) is 3.47. The lowest BCUT2D eigenvalue weighted by Crippen LogP contribution is -2.39. The van der Waals surface area contributed by atoms with Gasteiger partial charge in [0.25, 0.3) is 11.2 Å². The van der Waals surface area contributed by atoms with E-state index < -0.39 is 11.0 Å². The average molecular weight is 516 g/mol. The highest BCUT2D eigenvalue weighted by Gasteiger charge is 2.30. The molecule has 2 aromatic heterocycles. The van der Waals surface area contributed by atoms with Gasteiger partial charge in [-0.1, -0.05) is 23.5 Å². The minimum absolute atomic E-state index is 0.0109. The molecule has 2 aromatic carbocycles. The monoisotopic (exact) mass is 515 g/mol. The Morgan fingerprint density at radius 2 is 1.84 bits per heavy atom. The van der Waals surface area contributed by atoms with Crippen molar-refractivity contribution >= 4 is 28.9 Å². The van der Waals surface area contributed by atoms with Crippen molar-refractivity contribution in [3.63, 3.8) is 0 Å². The highest BCUT2D eigenvalue weighted by atomic mass is 32.1. The van der Waals surface area contributed by atoms with Crippen LogP contribution in [0, 0.1) is 10.1 Å². The van der Waals surface area contributed by atoms with Crippen molar-refractivity contribution in [1.82, 2.24) is 4.57 Å². The summed E-state index contributed by atoms with van der Waals surface area (Å²) in [5.74, 6) is 1.47. The van der Waals surface area contributed by atoms with Gasteiger partial charge in [-0.2, -0.15) is 0 Å². The maximum absolute atomic E-state index is 13.6. The number of carbonyl (C=O) groups is 1. The van der Waals surface area contributed by atoms with Gasteiger partial charge in [-0.3, -0.25) is 24.3 Å². The molecule has 4 aromatic rings. The third kappa shape index (κ3) is 4.43. The Morgan fingerprint density at radius 3 is 2.46 bits per heavy atom. The molecule has 37 heavy (non-hydrogen) atoms. The summed E-state index contributed by atoms with van der Waals surface area (Å²) >= 11 is 1.21. The van der Waals surface area contributed by atoms with Crippen LogP contribution in [-0.2, 0) is 4.79 Å². The van der Waals surface area contributed by atoms with Crippen molar-refractivity contribution in [3.05, 3.63) is 113 Å². The largest absolute Gasteiger partial charge is 0.497 e. The zero-order valence-corrected chi connectivity index (χ0v) is 20.9. The van der Waals surface area contributed by atoms with Crippen molar-refractivity contribution in [2.45, 2.75) is 19.9 Å². The Balaban J connectivity index is 1.59. The van der Waals surface area contributed by atoms with Gasteiger partial charge in [0.1, 0.15) is 17.3 Å². The Kier molecular flexibility index (Phi) is 6.18. The van der Waals surface area contributed by atoms with E-state index in [-0.39, 0.29) is 17.0 Å². The molecule has 1 aliphatic rings. The lowest BCUT2D eigenvalue weighted by atomic mass is 9.93. The molecule has 5 rings (SSSR count). The van der Waals surface area contributed by atoms with Gasteiger partial charge in [0, 0.05) is 35.0 Å². The van der Waals surface area contributed by atoms with Gasteiger partial charge in [-0.25, -0.2) is 4.99 Å². The number of carbonyl (C=O) groups excluding carboxylic acids is 1. The number of furan rings is 1. The highest BCUT2D eigenvalue weighted by molar-refractivity contribution is 7.07. The number of hydrogen-bond acceptors (Lipinski definition) is 8. The number of thiazole rings is 1. The van der Waals surface area contributed by atoms with Gasteiger partial charge in [0.05, 0.1) is 22.6 Å². The number of aromatic nitrogens is 1. The first kappa shape index (κ1) is 24.1. The summed E-state index contributed by atoms with van der Waals surface area (Å²) in [6.45, 7) is 3.25.